The van der Waals surface area contributed by atoms with Crippen molar-refractivity contribution in [1.29, 1.82) is 0 Å². The van der Waals surface area contributed by atoms with Gasteiger partial charge in [-0.3, -0.25) is 4.79 Å². The largest absolute Gasteiger partial charge is 0.507 e. The van der Waals surface area contributed by atoms with E-state index in [9.17, 15) is 19.8 Å². The molecule has 0 fully saturated rings. The summed E-state index contributed by atoms with van der Waals surface area (Å²) in [6.07, 6.45) is 10.2. The third-order valence-electron chi connectivity index (χ3n) is 5.37. The number of hydrogen-bond donors (Lipinski definition) is 3. The molecule has 1 aliphatic rings. The number of hydrogen-bond acceptors (Lipinski definition) is 5. The van der Waals surface area contributed by atoms with Crippen LogP contribution in [0.1, 0.15) is 68.3 Å². The molecule has 1 amide bonds. The van der Waals surface area contributed by atoms with Gasteiger partial charge in [0, 0.05) is 25.5 Å². The third kappa shape index (κ3) is 8.24. The molecule has 172 valence electrons. The van der Waals surface area contributed by atoms with Crippen molar-refractivity contribution in [3.63, 3.8) is 0 Å². The number of carbonyl (C=O) groups excluding carboxylic acids is 2. The van der Waals surface area contributed by atoms with Crippen LogP contribution < -0.4 is 5.32 Å². The van der Waals surface area contributed by atoms with Gasteiger partial charge in [-0.05, 0) is 42.7 Å². The number of ether oxygens (including phenoxy) is 1. The quantitative estimate of drug-likeness (QED) is 0.279. The van der Waals surface area contributed by atoms with Crippen molar-refractivity contribution in [3.8, 4) is 17.6 Å². The van der Waals surface area contributed by atoms with Crippen LogP contribution in [0.4, 0.5) is 0 Å². The number of allylic oxidation sites excluding steroid dienone is 2. The lowest BCUT2D eigenvalue weighted by Crippen LogP contribution is -2.28. The zero-order chi connectivity index (χ0) is 23.3. The number of cyclic esters (lactones) is 1. The molecule has 0 bridgehead atoms. The van der Waals surface area contributed by atoms with Gasteiger partial charge in [-0.2, -0.15) is 0 Å². The van der Waals surface area contributed by atoms with Gasteiger partial charge in [0.25, 0.3) is 5.91 Å². The number of rotatable bonds is 5. The maximum absolute atomic E-state index is 12.9. The Morgan fingerprint density at radius 1 is 1.34 bits per heavy atom. The lowest BCUT2D eigenvalue weighted by atomic mass is 9.93. The van der Waals surface area contributed by atoms with Gasteiger partial charge in [-0.25, -0.2) is 4.79 Å². The second-order valence-electron chi connectivity index (χ2n) is 8.05. The molecule has 1 heterocycles. The smallest absolute Gasteiger partial charge is 0.342 e. The Bertz CT molecular complexity index is 893. The van der Waals surface area contributed by atoms with Crippen LogP contribution in [0.2, 0.25) is 0 Å². The fourth-order valence-corrected chi connectivity index (χ4v) is 3.37. The van der Waals surface area contributed by atoms with Crippen LogP contribution in [0.5, 0.6) is 5.75 Å². The van der Waals surface area contributed by atoms with Crippen LogP contribution in [-0.2, 0) is 16.0 Å². The van der Waals surface area contributed by atoms with Gasteiger partial charge >= 0.3 is 5.97 Å². The third-order valence-corrected chi connectivity index (χ3v) is 5.37. The zero-order valence-electron chi connectivity index (χ0n) is 18.8. The molecular weight excluding hydrogens is 406 g/mol. The van der Waals surface area contributed by atoms with Crippen molar-refractivity contribution in [2.75, 3.05) is 0 Å². The summed E-state index contributed by atoms with van der Waals surface area (Å²) in [4.78, 5) is 24.6. The maximum Gasteiger partial charge on any atom is 0.342 e. The topological polar surface area (TPSA) is 95.9 Å². The van der Waals surface area contributed by atoms with E-state index in [0.29, 0.717) is 31.2 Å². The van der Waals surface area contributed by atoms with Gasteiger partial charge in [0.1, 0.15) is 17.4 Å². The Kier molecular flexibility index (Phi) is 10.6. The molecule has 0 saturated carbocycles. The van der Waals surface area contributed by atoms with E-state index in [1.807, 2.05) is 19.1 Å². The molecule has 3 atom stereocenters. The second kappa shape index (κ2) is 13.4. The van der Waals surface area contributed by atoms with Gasteiger partial charge in [0.15, 0.2) is 0 Å². The number of aromatic hydroxyl groups is 1. The molecule has 1 aromatic rings. The SMILES string of the molecule is CCCCC#CC(=O)NC=CCC1CC(O)C(C)CC=CCc2cccc(O)c2C(=O)O1. The van der Waals surface area contributed by atoms with E-state index in [4.69, 9.17) is 4.74 Å². The number of unbranched alkanes of at least 4 members (excludes halogenated alkanes) is 2. The van der Waals surface area contributed by atoms with Gasteiger partial charge in [0.2, 0.25) is 0 Å². The molecule has 0 aliphatic carbocycles. The predicted molar refractivity (Wildman–Crippen MR) is 124 cm³/mol. The number of aliphatic hydroxyl groups excluding tert-OH is 1. The van der Waals surface area contributed by atoms with E-state index < -0.39 is 24.1 Å². The van der Waals surface area contributed by atoms with Crippen molar-refractivity contribution in [2.24, 2.45) is 5.92 Å². The summed E-state index contributed by atoms with van der Waals surface area (Å²) in [5, 5.41) is 23.4. The summed E-state index contributed by atoms with van der Waals surface area (Å²) >= 11 is 0. The maximum atomic E-state index is 12.9. The first kappa shape index (κ1) is 25.2. The lowest BCUT2D eigenvalue weighted by Gasteiger charge is -2.24. The van der Waals surface area contributed by atoms with E-state index in [0.717, 1.165) is 12.8 Å². The minimum absolute atomic E-state index is 0.00222. The number of benzene rings is 1. The van der Waals surface area contributed by atoms with Crippen LogP contribution in [0.3, 0.4) is 0 Å². The lowest BCUT2D eigenvalue weighted by molar-refractivity contribution is -0.114. The summed E-state index contributed by atoms with van der Waals surface area (Å²) in [5.74, 6) is 4.19. The number of aliphatic hydroxyl groups is 1. The van der Waals surface area contributed by atoms with Crippen LogP contribution in [0.15, 0.2) is 42.6 Å². The first-order chi connectivity index (χ1) is 15.4. The Morgan fingerprint density at radius 2 is 2.16 bits per heavy atom. The zero-order valence-corrected chi connectivity index (χ0v) is 18.8. The predicted octanol–water partition coefficient (Wildman–Crippen LogP) is 4.02. The molecule has 1 aromatic carbocycles. The molecule has 3 unspecified atom stereocenters. The number of carbonyl (C=O) groups is 2. The van der Waals surface area contributed by atoms with Crippen molar-refractivity contribution < 1.29 is 24.5 Å². The van der Waals surface area contributed by atoms with Crippen LogP contribution in [0, 0.1) is 17.8 Å². The summed E-state index contributed by atoms with van der Waals surface area (Å²) < 4.78 is 5.67. The molecule has 6 nitrogen and oxygen atoms in total. The molecule has 3 N–H and O–H groups in total. The fourth-order valence-electron chi connectivity index (χ4n) is 3.37. The molecule has 0 saturated heterocycles. The van der Waals surface area contributed by atoms with E-state index >= 15 is 0 Å². The Morgan fingerprint density at radius 3 is 2.94 bits per heavy atom. The number of fused-ring (bicyclic) bond motifs is 1. The van der Waals surface area contributed by atoms with E-state index in [1.165, 1.54) is 12.3 Å². The summed E-state index contributed by atoms with van der Waals surface area (Å²) in [6, 6.07) is 4.94. The number of amides is 1. The normalized spacial score (nSPS) is 21.5. The highest BCUT2D eigenvalue weighted by molar-refractivity contribution is 5.94. The first-order valence-electron chi connectivity index (χ1n) is 11.2. The molecular formula is C26H33NO5. The Balaban J connectivity index is 2.10. The highest BCUT2D eigenvalue weighted by Gasteiger charge is 2.25. The van der Waals surface area contributed by atoms with Crippen molar-refractivity contribution >= 4 is 11.9 Å². The molecule has 6 heteroatoms. The summed E-state index contributed by atoms with van der Waals surface area (Å²) in [5.41, 5.74) is 0.827. The van der Waals surface area contributed by atoms with Crippen molar-refractivity contribution in [2.45, 2.75) is 71.0 Å². The number of nitrogens with one attached hydrogen (secondary N) is 1. The van der Waals surface area contributed by atoms with Crippen molar-refractivity contribution in [1.82, 2.24) is 5.32 Å². The van der Waals surface area contributed by atoms with E-state index in [2.05, 4.69) is 24.1 Å². The van der Waals surface area contributed by atoms with Gasteiger partial charge in [0.05, 0.1) is 6.10 Å². The molecule has 2 rings (SSSR count). The van der Waals surface area contributed by atoms with Gasteiger partial charge in [-0.1, -0.05) is 56.5 Å². The minimum Gasteiger partial charge on any atom is -0.507 e. The highest BCUT2D eigenvalue weighted by atomic mass is 16.5. The number of phenols is 1. The average Bonchev–Trinajstić information content (AvgIpc) is 2.76. The van der Waals surface area contributed by atoms with Crippen LogP contribution >= 0.6 is 0 Å². The summed E-state index contributed by atoms with van der Waals surface area (Å²) in [7, 11) is 0. The van der Waals surface area contributed by atoms with Crippen LogP contribution in [-0.4, -0.2) is 34.3 Å². The molecule has 0 spiro atoms. The standard InChI is InChI=1S/C26H33NO5/c1-3-4-5-6-16-24(30)27-17-10-14-21-18-23(29)19(2)11-7-8-12-20-13-9-15-22(28)25(20)26(31)32-21/h7-10,13,15,17,19,21,23,28-29H,3-5,11-12,14,18H2,1-2H3,(H,27,30). The molecule has 0 radical (unpaired) electrons. The Hall–Kier alpha value is -3.04. The van der Waals surface area contributed by atoms with Gasteiger partial charge in [-0.15, -0.1) is 0 Å². The minimum atomic E-state index is -0.659. The van der Waals surface area contributed by atoms with E-state index in [1.54, 1.807) is 18.2 Å². The van der Waals surface area contributed by atoms with Crippen LogP contribution in [0.25, 0.3) is 0 Å². The average molecular weight is 440 g/mol. The number of esters is 1. The van der Waals surface area contributed by atoms with Gasteiger partial charge < -0.3 is 20.3 Å². The van der Waals surface area contributed by atoms with Crippen molar-refractivity contribution in [3.05, 3.63) is 53.8 Å². The highest BCUT2D eigenvalue weighted by Crippen LogP contribution is 2.26. The van der Waals surface area contributed by atoms with E-state index in [-0.39, 0.29) is 23.7 Å². The molecule has 0 aromatic heterocycles. The number of phenolic OH excluding ortho intramolecular Hbond substituents is 1. The molecule has 1 aliphatic heterocycles. The summed E-state index contributed by atoms with van der Waals surface area (Å²) in [6.45, 7) is 4.01. The fraction of sp³-hybridized carbons (Fsp3) is 0.462. The molecule has 32 heavy (non-hydrogen) atoms. The monoisotopic (exact) mass is 439 g/mol. The Labute approximate surface area is 190 Å². The second-order valence-corrected chi connectivity index (χ2v) is 8.05. The first-order valence-corrected chi connectivity index (χ1v) is 11.2.